The van der Waals surface area contributed by atoms with Crippen molar-refractivity contribution in [1.82, 2.24) is 0 Å². The molecule has 1 nitrogen and oxygen atoms in total. The minimum Gasteiger partial charge on any atom is -0.294 e. The van der Waals surface area contributed by atoms with Crippen LogP contribution in [-0.4, -0.2) is 5.78 Å². The molecule has 0 amide bonds. The molecule has 0 aromatic heterocycles. The number of fused-ring (bicyclic) bond motifs is 1. The zero-order chi connectivity index (χ0) is 11.0. The summed E-state index contributed by atoms with van der Waals surface area (Å²) < 4.78 is 0. The summed E-state index contributed by atoms with van der Waals surface area (Å²) in [7, 11) is 0. The van der Waals surface area contributed by atoms with E-state index in [-0.39, 0.29) is 0 Å². The van der Waals surface area contributed by atoms with E-state index >= 15 is 0 Å². The standard InChI is InChI=1S/C15H16O/c16-15-7-2-1-6-14(15)13-9-8-11-4-3-5-12(11)10-13/h6,8-10H,1-5,7H2. The zero-order valence-corrected chi connectivity index (χ0v) is 9.46. The van der Waals surface area contributed by atoms with Gasteiger partial charge in [0.05, 0.1) is 0 Å². The molecule has 0 saturated carbocycles. The maximum absolute atomic E-state index is 11.8. The molecule has 3 rings (SSSR count). The summed E-state index contributed by atoms with van der Waals surface area (Å²) in [4.78, 5) is 11.8. The first-order valence-electron chi connectivity index (χ1n) is 6.20. The lowest BCUT2D eigenvalue weighted by Gasteiger charge is -2.12. The molecule has 0 N–H and O–H groups in total. The number of carbonyl (C=O) groups excluding carboxylic acids is 1. The van der Waals surface area contributed by atoms with Gasteiger partial charge in [0.15, 0.2) is 5.78 Å². The Bertz CT molecular complexity index is 468. The number of benzene rings is 1. The highest BCUT2D eigenvalue weighted by molar-refractivity contribution is 6.21. The molecule has 0 heterocycles. The molecule has 0 unspecified atom stereocenters. The fourth-order valence-corrected chi connectivity index (χ4v) is 2.78. The highest BCUT2D eigenvalue weighted by Crippen LogP contribution is 2.29. The quantitative estimate of drug-likeness (QED) is 0.698. The first-order valence-corrected chi connectivity index (χ1v) is 6.20. The van der Waals surface area contributed by atoms with Crippen molar-refractivity contribution in [1.29, 1.82) is 0 Å². The molecular weight excluding hydrogens is 196 g/mol. The SMILES string of the molecule is O=C1CCCC=C1c1ccc2c(c1)CCC2. The number of hydrogen-bond donors (Lipinski definition) is 0. The second-order valence-electron chi connectivity index (χ2n) is 4.77. The summed E-state index contributed by atoms with van der Waals surface area (Å²) in [6.07, 6.45) is 8.58. The molecule has 0 aliphatic heterocycles. The molecule has 0 bridgehead atoms. The molecule has 0 fully saturated rings. The Morgan fingerprint density at radius 1 is 0.938 bits per heavy atom. The Balaban J connectivity index is 2.00. The lowest BCUT2D eigenvalue weighted by molar-refractivity contribution is -0.114. The normalized spacial score (nSPS) is 19.5. The summed E-state index contributed by atoms with van der Waals surface area (Å²) in [6, 6.07) is 6.57. The third kappa shape index (κ3) is 1.60. The van der Waals surface area contributed by atoms with Gasteiger partial charge in [0.2, 0.25) is 0 Å². The van der Waals surface area contributed by atoms with Crippen molar-refractivity contribution in [2.75, 3.05) is 0 Å². The maximum Gasteiger partial charge on any atom is 0.163 e. The van der Waals surface area contributed by atoms with E-state index in [2.05, 4.69) is 24.3 Å². The van der Waals surface area contributed by atoms with Crippen molar-refractivity contribution in [3.63, 3.8) is 0 Å². The second-order valence-corrected chi connectivity index (χ2v) is 4.77. The van der Waals surface area contributed by atoms with Crippen molar-refractivity contribution in [2.24, 2.45) is 0 Å². The molecule has 82 valence electrons. The largest absolute Gasteiger partial charge is 0.294 e. The number of allylic oxidation sites excluding steroid dienone is 2. The fraction of sp³-hybridized carbons (Fsp3) is 0.400. The first kappa shape index (κ1) is 9.83. The Hall–Kier alpha value is -1.37. The lowest BCUT2D eigenvalue weighted by Crippen LogP contribution is -2.06. The Morgan fingerprint density at radius 3 is 2.69 bits per heavy atom. The highest BCUT2D eigenvalue weighted by atomic mass is 16.1. The topological polar surface area (TPSA) is 17.1 Å². The van der Waals surface area contributed by atoms with Crippen LogP contribution in [0.5, 0.6) is 0 Å². The highest BCUT2D eigenvalue weighted by Gasteiger charge is 2.17. The van der Waals surface area contributed by atoms with E-state index in [4.69, 9.17) is 0 Å². The summed E-state index contributed by atoms with van der Waals surface area (Å²) in [5, 5.41) is 0. The van der Waals surface area contributed by atoms with Gasteiger partial charge in [-0.05, 0) is 48.8 Å². The molecule has 16 heavy (non-hydrogen) atoms. The molecular formula is C15H16O. The van der Waals surface area contributed by atoms with E-state index in [1.165, 1.54) is 30.4 Å². The molecule has 0 spiro atoms. The van der Waals surface area contributed by atoms with Crippen LogP contribution >= 0.6 is 0 Å². The van der Waals surface area contributed by atoms with Gasteiger partial charge in [-0.2, -0.15) is 0 Å². The van der Waals surface area contributed by atoms with E-state index < -0.39 is 0 Å². The predicted octanol–water partition coefficient (Wildman–Crippen LogP) is 3.31. The maximum atomic E-state index is 11.8. The van der Waals surface area contributed by atoms with Crippen molar-refractivity contribution < 1.29 is 4.79 Å². The number of carbonyl (C=O) groups is 1. The molecule has 1 aromatic rings. The minimum absolute atomic E-state index is 0.323. The van der Waals surface area contributed by atoms with Gasteiger partial charge < -0.3 is 0 Å². The first-order chi connectivity index (χ1) is 7.84. The predicted molar refractivity (Wildman–Crippen MR) is 65.3 cm³/mol. The van der Waals surface area contributed by atoms with Gasteiger partial charge >= 0.3 is 0 Å². The zero-order valence-electron chi connectivity index (χ0n) is 9.46. The van der Waals surface area contributed by atoms with Gasteiger partial charge in [0, 0.05) is 12.0 Å². The van der Waals surface area contributed by atoms with Gasteiger partial charge in [0.25, 0.3) is 0 Å². The van der Waals surface area contributed by atoms with E-state index in [1.807, 2.05) is 0 Å². The van der Waals surface area contributed by atoms with Crippen molar-refractivity contribution in [2.45, 2.75) is 38.5 Å². The number of rotatable bonds is 1. The van der Waals surface area contributed by atoms with Crippen LogP contribution in [-0.2, 0) is 17.6 Å². The van der Waals surface area contributed by atoms with Gasteiger partial charge in [0.1, 0.15) is 0 Å². The van der Waals surface area contributed by atoms with E-state index in [9.17, 15) is 4.79 Å². The average molecular weight is 212 g/mol. The second kappa shape index (κ2) is 3.89. The van der Waals surface area contributed by atoms with Crippen LogP contribution in [0, 0.1) is 0 Å². The fourth-order valence-electron chi connectivity index (χ4n) is 2.78. The molecule has 0 radical (unpaired) electrons. The number of Topliss-reactive ketones (excluding diaryl/α,β-unsaturated/α-hetero) is 1. The average Bonchev–Trinajstić information content (AvgIpc) is 2.76. The monoisotopic (exact) mass is 212 g/mol. The molecule has 0 saturated heterocycles. The molecule has 1 aromatic carbocycles. The van der Waals surface area contributed by atoms with Gasteiger partial charge in [-0.25, -0.2) is 0 Å². The van der Waals surface area contributed by atoms with Gasteiger partial charge in [-0.3, -0.25) is 4.79 Å². The summed E-state index contributed by atoms with van der Waals surface area (Å²) in [5.41, 5.74) is 5.04. The minimum atomic E-state index is 0.323. The summed E-state index contributed by atoms with van der Waals surface area (Å²) >= 11 is 0. The van der Waals surface area contributed by atoms with Crippen LogP contribution in [0.3, 0.4) is 0 Å². The van der Waals surface area contributed by atoms with Crippen LogP contribution in [0.15, 0.2) is 24.3 Å². The Labute approximate surface area is 96.2 Å². The number of hydrogen-bond acceptors (Lipinski definition) is 1. The van der Waals surface area contributed by atoms with Crippen molar-refractivity contribution >= 4 is 11.4 Å². The summed E-state index contributed by atoms with van der Waals surface area (Å²) in [5.74, 6) is 0.323. The van der Waals surface area contributed by atoms with E-state index in [1.54, 1.807) is 0 Å². The van der Waals surface area contributed by atoms with Gasteiger partial charge in [-0.1, -0.05) is 24.3 Å². The molecule has 2 aliphatic rings. The number of ketones is 1. The van der Waals surface area contributed by atoms with E-state index in [0.717, 1.165) is 30.4 Å². The van der Waals surface area contributed by atoms with Crippen LogP contribution in [0.1, 0.15) is 42.4 Å². The van der Waals surface area contributed by atoms with Gasteiger partial charge in [-0.15, -0.1) is 0 Å². The van der Waals surface area contributed by atoms with E-state index in [0.29, 0.717) is 5.78 Å². The van der Waals surface area contributed by atoms with Crippen LogP contribution < -0.4 is 0 Å². The smallest absolute Gasteiger partial charge is 0.163 e. The summed E-state index contributed by atoms with van der Waals surface area (Å²) in [6.45, 7) is 0. The Morgan fingerprint density at radius 2 is 1.81 bits per heavy atom. The number of aryl methyl sites for hydroxylation is 2. The molecule has 1 heteroatoms. The third-order valence-electron chi connectivity index (χ3n) is 3.67. The molecule has 2 aliphatic carbocycles. The third-order valence-corrected chi connectivity index (χ3v) is 3.67. The van der Waals surface area contributed by atoms with Crippen molar-refractivity contribution in [3.05, 3.63) is 41.0 Å². The lowest BCUT2D eigenvalue weighted by atomic mass is 9.91. The van der Waals surface area contributed by atoms with Crippen LogP contribution in [0.4, 0.5) is 0 Å². The molecule has 0 atom stereocenters. The van der Waals surface area contributed by atoms with Crippen LogP contribution in [0.25, 0.3) is 5.57 Å². The van der Waals surface area contributed by atoms with Crippen molar-refractivity contribution in [3.8, 4) is 0 Å². The Kier molecular flexibility index (Phi) is 2.39. The van der Waals surface area contributed by atoms with Crippen LogP contribution in [0.2, 0.25) is 0 Å².